The number of sulfonamides is 1. The second kappa shape index (κ2) is 8.19. The maximum absolute atomic E-state index is 13.1. The van der Waals surface area contributed by atoms with Crippen LogP contribution in [0.25, 0.3) is 0 Å². The number of carbonyl (C=O) groups is 1. The Kier molecular flexibility index (Phi) is 5.97. The Balaban J connectivity index is 1.45. The molecule has 2 aliphatic heterocycles. The molecule has 5 nitrogen and oxygen atoms in total. The maximum atomic E-state index is 13.1. The first kappa shape index (κ1) is 21.1. The van der Waals surface area contributed by atoms with Crippen molar-refractivity contribution in [2.75, 3.05) is 19.6 Å². The molecule has 0 unspecified atom stereocenters. The number of carbonyl (C=O) groups excluding carboxylic acids is 1. The summed E-state index contributed by atoms with van der Waals surface area (Å²) in [6.07, 6.45) is 1.89. The van der Waals surface area contributed by atoms with E-state index in [0.29, 0.717) is 12.8 Å². The van der Waals surface area contributed by atoms with Gasteiger partial charge in [-0.1, -0.05) is 29.3 Å². The molecular formula is C20H22Cl2N2O3S2. The normalized spacial score (nSPS) is 21.2. The van der Waals surface area contributed by atoms with Crippen LogP contribution < -0.4 is 0 Å². The summed E-state index contributed by atoms with van der Waals surface area (Å²) in [6.45, 7) is 3.36. The first-order valence-electron chi connectivity index (χ1n) is 9.61. The molecule has 1 atom stereocenters. The summed E-state index contributed by atoms with van der Waals surface area (Å²) in [7, 11) is -3.79. The zero-order valence-electron chi connectivity index (χ0n) is 16.0. The minimum absolute atomic E-state index is 0.0530. The minimum atomic E-state index is -3.79. The van der Waals surface area contributed by atoms with E-state index in [9.17, 15) is 13.2 Å². The van der Waals surface area contributed by atoms with Gasteiger partial charge in [-0.15, -0.1) is 11.3 Å². The molecule has 4 rings (SSSR count). The molecule has 0 bridgehead atoms. The van der Waals surface area contributed by atoms with Crippen LogP contribution in [0.15, 0.2) is 34.5 Å². The molecule has 1 amide bonds. The Morgan fingerprint density at radius 1 is 1.10 bits per heavy atom. The van der Waals surface area contributed by atoms with Crippen molar-refractivity contribution in [3.63, 3.8) is 0 Å². The predicted octanol–water partition coefficient (Wildman–Crippen LogP) is 4.60. The van der Waals surface area contributed by atoms with E-state index >= 15 is 0 Å². The Hall–Kier alpha value is -1.12. The average molecular weight is 473 g/mol. The van der Waals surface area contributed by atoms with Crippen LogP contribution >= 0.6 is 34.5 Å². The minimum Gasteiger partial charge on any atom is -0.335 e. The third-order valence-electron chi connectivity index (χ3n) is 5.88. The Morgan fingerprint density at radius 3 is 2.41 bits per heavy atom. The number of rotatable bonds is 3. The van der Waals surface area contributed by atoms with E-state index in [1.807, 2.05) is 4.90 Å². The fraction of sp³-hybridized carbons (Fsp3) is 0.450. The third kappa shape index (κ3) is 3.83. The van der Waals surface area contributed by atoms with E-state index < -0.39 is 10.0 Å². The van der Waals surface area contributed by atoms with Gasteiger partial charge >= 0.3 is 0 Å². The molecule has 0 spiro atoms. The van der Waals surface area contributed by atoms with E-state index in [1.165, 1.54) is 26.9 Å². The number of benzene rings is 1. The molecule has 29 heavy (non-hydrogen) atoms. The fourth-order valence-electron chi connectivity index (χ4n) is 4.25. The van der Waals surface area contributed by atoms with Crippen LogP contribution in [0.5, 0.6) is 0 Å². The summed E-state index contributed by atoms with van der Waals surface area (Å²) >= 11 is 14.0. The Morgan fingerprint density at radius 2 is 1.76 bits per heavy atom. The lowest BCUT2D eigenvalue weighted by atomic mass is 9.93. The van der Waals surface area contributed by atoms with Gasteiger partial charge in [0.2, 0.25) is 15.9 Å². The number of hydrogen-bond donors (Lipinski definition) is 0. The van der Waals surface area contributed by atoms with Gasteiger partial charge in [0.15, 0.2) is 0 Å². The molecule has 1 saturated heterocycles. The molecule has 9 heteroatoms. The van der Waals surface area contributed by atoms with Crippen molar-refractivity contribution in [1.82, 2.24) is 9.21 Å². The summed E-state index contributed by atoms with van der Waals surface area (Å²) in [5.74, 6) is -0.0343. The van der Waals surface area contributed by atoms with Gasteiger partial charge in [0.05, 0.1) is 16.1 Å². The van der Waals surface area contributed by atoms with Gasteiger partial charge in [-0.25, -0.2) is 8.42 Å². The highest BCUT2D eigenvalue weighted by Gasteiger charge is 2.37. The lowest BCUT2D eigenvalue weighted by Gasteiger charge is -2.38. The van der Waals surface area contributed by atoms with Crippen molar-refractivity contribution in [3.05, 3.63) is 50.1 Å². The molecular weight excluding hydrogens is 451 g/mol. The van der Waals surface area contributed by atoms with Crippen LogP contribution in [-0.4, -0.2) is 43.2 Å². The van der Waals surface area contributed by atoms with Gasteiger partial charge in [0.25, 0.3) is 0 Å². The fourth-order valence-corrected chi connectivity index (χ4v) is 7.77. The molecule has 0 N–H and O–H groups in total. The Labute approximate surface area is 185 Å². The van der Waals surface area contributed by atoms with Crippen molar-refractivity contribution in [3.8, 4) is 0 Å². The predicted molar refractivity (Wildman–Crippen MR) is 116 cm³/mol. The standard InChI is InChI=1S/C20H22Cl2N2O3S2/c1-13-15-8-12-28-18(15)7-11-24(13)20(25)14-5-9-23(10-6-14)29(26,27)19-16(21)3-2-4-17(19)22/h2-4,8,12-14H,5-7,9-11H2,1H3/t13-/m0/s1. The van der Waals surface area contributed by atoms with Crippen LogP contribution in [0, 0.1) is 5.92 Å². The van der Waals surface area contributed by atoms with Gasteiger partial charge in [0.1, 0.15) is 4.90 Å². The van der Waals surface area contributed by atoms with Crippen LogP contribution in [0.2, 0.25) is 10.0 Å². The first-order chi connectivity index (χ1) is 13.8. The van der Waals surface area contributed by atoms with Crippen LogP contribution in [0.1, 0.15) is 36.2 Å². The first-order valence-corrected chi connectivity index (χ1v) is 12.7. The van der Waals surface area contributed by atoms with Gasteiger partial charge in [-0.2, -0.15) is 4.31 Å². The zero-order chi connectivity index (χ0) is 20.8. The van der Waals surface area contributed by atoms with E-state index in [-0.39, 0.29) is 45.9 Å². The average Bonchev–Trinajstić information content (AvgIpc) is 3.17. The summed E-state index contributed by atoms with van der Waals surface area (Å²) in [5, 5.41) is 2.31. The van der Waals surface area contributed by atoms with Gasteiger partial charge in [-0.05, 0) is 55.3 Å². The molecule has 0 saturated carbocycles. The van der Waals surface area contributed by atoms with E-state index in [4.69, 9.17) is 23.2 Å². The van der Waals surface area contributed by atoms with E-state index in [1.54, 1.807) is 17.4 Å². The van der Waals surface area contributed by atoms with Crippen molar-refractivity contribution >= 4 is 50.5 Å². The second-order valence-corrected chi connectivity index (χ2v) is 11.2. The van der Waals surface area contributed by atoms with Crippen LogP contribution in [-0.2, 0) is 21.2 Å². The largest absolute Gasteiger partial charge is 0.335 e. The van der Waals surface area contributed by atoms with Crippen LogP contribution in [0.4, 0.5) is 0 Å². The topological polar surface area (TPSA) is 57.7 Å². The summed E-state index contributed by atoms with van der Waals surface area (Å²) in [6, 6.07) is 6.83. The van der Waals surface area contributed by atoms with Crippen molar-refractivity contribution < 1.29 is 13.2 Å². The number of halogens is 2. The smallest absolute Gasteiger partial charge is 0.246 e. The quantitative estimate of drug-likeness (QED) is 0.655. The zero-order valence-corrected chi connectivity index (χ0v) is 19.1. The molecule has 0 radical (unpaired) electrons. The molecule has 2 aromatic rings. The molecule has 1 aromatic heterocycles. The molecule has 2 aliphatic rings. The number of thiophene rings is 1. The number of piperidine rings is 1. The number of fused-ring (bicyclic) bond motifs is 1. The number of hydrogen-bond acceptors (Lipinski definition) is 4. The number of amides is 1. The van der Waals surface area contributed by atoms with E-state index in [0.717, 1.165) is 13.0 Å². The SMILES string of the molecule is C[C@H]1c2ccsc2CCN1C(=O)C1CCN(S(=O)(=O)c2c(Cl)cccc2Cl)CC1. The molecule has 1 aromatic carbocycles. The molecule has 156 valence electrons. The number of nitrogens with zero attached hydrogens (tertiary/aromatic N) is 2. The maximum Gasteiger partial charge on any atom is 0.246 e. The summed E-state index contributed by atoms with van der Waals surface area (Å²) < 4.78 is 27.4. The lowest BCUT2D eigenvalue weighted by Crippen LogP contribution is -2.46. The highest BCUT2D eigenvalue weighted by atomic mass is 35.5. The molecule has 0 aliphatic carbocycles. The van der Waals surface area contributed by atoms with E-state index in [2.05, 4.69) is 18.4 Å². The van der Waals surface area contributed by atoms with Crippen molar-refractivity contribution in [1.29, 1.82) is 0 Å². The monoisotopic (exact) mass is 472 g/mol. The van der Waals surface area contributed by atoms with Gasteiger partial charge in [0, 0.05) is 30.4 Å². The summed E-state index contributed by atoms with van der Waals surface area (Å²) in [4.78, 5) is 16.4. The molecule has 3 heterocycles. The lowest BCUT2D eigenvalue weighted by molar-refractivity contribution is -0.139. The second-order valence-electron chi connectivity index (χ2n) is 7.49. The highest BCUT2D eigenvalue weighted by molar-refractivity contribution is 7.89. The highest BCUT2D eigenvalue weighted by Crippen LogP contribution is 2.36. The van der Waals surface area contributed by atoms with Gasteiger partial charge in [-0.3, -0.25) is 4.79 Å². The third-order valence-corrected chi connectivity index (χ3v) is 9.73. The molecule has 1 fully saturated rings. The van der Waals surface area contributed by atoms with Crippen molar-refractivity contribution in [2.45, 2.75) is 37.1 Å². The Bertz CT molecular complexity index is 1010. The van der Waals surface area contributed by atoms with Gasteiger partial charge < -0.3 is 4.90 Å². The summed E-state index contributed by atoms with van der Waals surface area (Å²) in [5.41, 5.74) is 1.24. The van der Waals surface area contributed by atoms with Crippen molar-refractivity contribution in [2.24, 2.45) is 5.92 Å². The van der Waals surface area contributed by atoms with Crippen LogP contribution in [0.3, 0.4) is 0 Å².